The molecule has 2 unspecified atom stereocenters. The first-order valence-electron chi connectivity index (χ1n) is 13.8. The Balaban J connectivity index is 1.09. The van der Waals surface area contributed by atoms with E-state index in [2.05, 4.69) is 91.0 Å². The number of piperidine rings is 1. The third-order valence-corrected chi connectivity index (χ3v) is 7.85. The number of fused-ring (bicyclic) bond motifs is 2. The molecule has 0 bridgehead atoms. The highest BCUT2D eigenvalue weighted by molar-refractivity contribution is 5.83. The van der Waals surface area contributed by atoms with E-state index in [1.165, 1.54) is 26.4 Å². The molecule has 1 aliphatic heterocycles. The number of ether oxygens (including phenoxy) is 2. The Morgan fingerprint density at radius 3 is 1.88 bits per heavy atom. The number of rotatable bonds is 8. The molecule has 0 aromatic heterocycles. The van der Waals surface area contributed by atoms with Crippen LogP contribution in [0.3, 0.4) is 0 Å². The van der Waals surface area contributed by atoms with E-state index >= 15 is 0 Å². The molecule has 202 valence electrons. The summed E-state index contributed by atoms with van der Waals surface area (Å²) in [4.78, 5) is 13.0. The number of carbonyl (C=O) groups is 1. The van der Waals surface area contributed by atoms with Gasteiger partial charge in [0.15, 0.2) is 0 Å². The fourth-order valence-electron chi connectivity index (χ4n) is 5.64. The number of hydrogen-bond donors (Lipinski definition) is 0. The van der Waals surface area contributed by atoms with Gasteiger partial charge in [-0.15, -0.1) is 0 Å². The van der Waals surface area contributed by atoms with Crippen molar-refractivity contribution in [2.45, 2.75) is 38.3 Å². The summed E-state index contributed by atoms with van der Waals surface area (Å²) >= 11 is 0. The summed E-state index contributed by atoms with van der Waals surface area (Å²) in [6, 6.07) is 37.7. The summed E-state index contributed by atoms with van der Waals surface area (Å²) in [5.74, 6) is 0.101. The van der Waals surface area contributed by atoms with E-state index in [4.69, 9.17) is 9.47 Å². The van der Waals surface area contributed by atoms with Gasteiger partial charge in [-0.2, -0.15) is 0 Å². The van der Waals surface area contributed by atoms with Crippen LogP contribution in [-0.4, -0.2) is 30.2 Å². The standard InChI is InChI=1S/C35H33NO4/c37-35(38)36-18-17-33(34(21-36)40-24-27-12-14-29-6-2-4-8-32(29)20-27)30-15-9-25(10-16-30)22-39-23-26-11-13-28-5-1-3-7-31(28)19-26/h1-16,19-20,33-34H,17-18,21-24H2,(H,37,38)/p-1. The summed E-state index contributed by atoms with van der Waals surface area (Å²) in [6.07, 6.45) is -0.710. The fourth-order valence-corrected chi connectivity index (χ4v) is 5.64. The molecule has 0 aliphatic carbocycles. The molecule has 5 nitrogen and oxygen atoms in total. The Hall–Kier alpha value is -4.19. The molecule has 1 fully saturated rings. The van der Waals surface area contributed by atoms with Crippen molar-refractivity contribution in [3.8, 4) is 0 Å². The van der Waals surface area contributed by atoms with Crippen LogP contribution in [0.15, 0.2) is 109 Å². The average molecular weight is 531 g/mol. The van der Waals surface area contributed by atoms with Gasteiger partial charge >= 0.3 is 0 Å². The van der Waals surface area contributed by atoms with Crippen molar-refractivity contribution in [3.63, 3.8) is 0 Å². The summed E-state index contributed by atoms with van der Waals surface area (Å²) in [5.41, 5.74) is 4.48. The number of likely N-dealkylation sites (tertiary alicyclic amines) is 1. The monoisotopic (exact) mass is 530 g/mol. The molecule has 6 rings (SSSR count). The van der Waals surface area contributed by atoms with Gasteiger partial charge in [-0.25, -0.2) is 0 Å². The number of hydrogen-bond acceptors (Lipinski definition) is 4. The first-order valence-corrected chi connectivity index (χ1v) is 13.8. The highest BCUT2D eigenvalue weighted by Gasteiger charge is 2.31. The Labute approximate surface area is 234 Å². The Bertz CT molecular complexity index is 1610. The summed E-state index contributed by atoms with van der Waals surface area (Å²) in [5, 5.41) is 16.4. The Morgan fingerprint density at radius 1 is 0.700 bits per heavy atom. The summed E-state index contributed by atoms with van der Waals surface area (Å²) in [7, 11) is 0. The van der Waals surface area contributed by atoms with Gasteiger partial charge in [-0.3, -0.25) is 0 Å². The molecule has 1 saturated heterocycles. The van der Waals surface area contributed by atoms with Crippen molar-refractivity contribution in [1.82, 2.24) is 4.90 Å². The molecule has 0 spiro atoms. The van der Waals surface area contributed by atoms with Crippen LogP contribution in [0.5, 0.6) is 0 Å². The predicted octanol–water partition coefficient (Wildman–Crippen LogP) is 6.43. The highest BCUT2D eigenvalue weighted by atomic mass is 16.5. The first kappa shape index (κ1) is 26.1. The largest absolute Gasteiger partial charge is 0.530 e. The number of carboxylic acid groups (broad SMARTS) is 1. The van der Waals surface area contributed by atoms with Gasteiger partial charge in [-0.1, -0.05) is 97.1 Å². The van der Waals surface area contributed by atoms with Crippen LogP contribution in [-0.2, 0) is 29.3 Å². The van der Waals surface area contributed by atoms with Crippen molar-refractivity contribution < 1.29 is 19.4 Å². The molecule has 5 aromatic rings. The number of nitrogens with zero attached hydrogens (tertiary/aromatic N) is 1. The molecule has 0 N–H and O–H groups in total. The number of amides is 1. The fraction of sp³-hybridized carbons (Fsp3) is 0.229. The molecule has 0 saturated carbocycles. The SMILES string of the molecule is O=C([O-])N1CCC(c2ccc(COCc3ccc4ccccc4c3)cc2)C(OCc2ccc3ccccc3c2)C1. The molecule has 40 heavy (non-hydrogen) atoms. The maximum absolute atomic E-state index is 11.6. The van der Waals surface area contributed by atoms with Gasteiger partial charge in [0.05, 0.1) is 25.9 Å². The first-order chi connectivity index (χ1) is 19.6. The predicted molar refractivity (Wildman–Crippen MR) is 156 cm³/mol. The van der Waals surface area contributed by atoms with E-state index in [1.807, 2.05) is 18.2 Å². The van der Waals surface area contributed by atoms with Crippen LogP contribution in [0.25, 0.3) is 21.5 Å². The molecule has 1 amide bonds. The van der Waals surface area contributed by atoms with E-state index in [0.717, 1.165) is 22.3 Å². The zero-order valence-electron chi connectivity index (χ0n) is 22.4. The third kappa shape index (κ3) is 6.01. The van der Waals surface area contributed by atoms with Gasteiger partial charge in [0.25, 0.3) is 0 Å². The van der Waals surface area contributed by atoms with Gasteiger partial charge in [0.1, 0.15) is 6.09 Å². The van der Waals surface area contributed by atoms with E-state index in [1.54, 1.807) is 0 Å². The molecule has 2 atom stereocenters. The minimum absolute atomic E-state index is 0.101. The lowest BCUT2D eigenvalue weighted by Gasteiger charge is -2.40. The maximum atomic E-state index is 11.6. The van der Waals surface area contributed by atoms with Crippen molar-refractivity contribution >= 4 is 27.6 Å². The minimum atomic E-state index is -1.14. The van der Waals surface area contributed by atoms with Gasteiger partial charge in [0.2, 0.25) is 0 Å². The molecule has 5 heteroatoms. The van der Waals surface area contributed by atoms with E-state index < -0.39 is 6.09 Å². The van der Waals surface area contributed by atoms with E-state index in [0.29, 0.717) is 39.3 Å². The zero-order chi connectivity index (χ0) is 27.3. The van der Waals surface area contributed by atoms with Gasteiger partial charge in [-0.05, 0) is 62.4 Å². The topological polar surface area (TPSA) is 61.8 Å². The average Bonchev–Trinajstić information content (AvgIpc) is 3.00. The van der Waals surface area contributed by atoms with E-state index in [9.17, 15) is 9.90 Å². The van der Waals surface area contributed by atoms with Crippen molar-refractivity contribution in [2.24, 2.45) is 0 Å². The second-order valence-electron chi connectivity index (χ2n) is 10.6. The molecular weight excluding hydrogens is 498 g/mol. The lowest BCUT2D eigenvalue weighted by molar-refractivity contribution is -0.268. The van der Waals surface area contributed by atoms with Crippen LogP contribution < -0.4 is 5.11 Å². The molecular formula is C35H32NO4-. The molecule has 1 aliphatic rings. The van der Waals surface area contributed by atoms with Gasteiger partial charge in [0, 0.05) is 19.0 Å². The van der Waals surface area contributed by atoms with E-state index in [-0.39, 0.29) is 12.0 Å². The van der Waals surface area contributed by atoms with Crippen molar-refractivity contribution in [2.75, 3.05) is 13.1 Å². The zero-order valence-corrected chi connectivity index (χ0v) is 22.4. The maximum Gasteiger partial charge on any atom is 0.137 e. The highest BCUT2D eigenvalue weighted by Crippen LogP contribution is 2.32. The number of benzene rings is 5. The van der Waals surface area contributed by atoms with Crippen LogP contribution in [0.4, 0.5) is 4.79 Å². The van der Waals surface area contributed by atoms with Crippen LogP contribution in [0.2, 0.25) is 0 Å². The van der Waals surface area contributed by atoms with Gasteiger partial charge < -0.3 is 24.3 Å². The second kappa shape index (κ2) is 11.9. The summed E-state index contributed by atoms with van der Waals surface area (Å²) in [6.45, 7) is 2.25. The molecule has 0 radical (unpaired) electrons. The Kier molecular flexibility index (Phi) is 7.76. The summed E-state index contributed by atoms with van der Waals surface area (Å²) < 4.78 is 12.4. The minimum Gasteiger partial charge on any atom is -0.530 e. The van der Waals surface area contributed by atoms with Crippen molar-refractivity contribution in [3.05, 3.63) is 131 Å². The van der Waals surface area contributed by atoms with Crippen LogP contribution >= 0.6 is 0 Å². The Morgan fingerprint density at radius 2 is 1.25 bits per heavy atom. The van der Waals surface area contributed by atoms with Crippen LogP contribution in [0, 0.1) is 0 Å². The second-order valence-corrected chi connectivity index (χ2v) is 10.6. The molecule has 1 heterocycles. The molecule has 5 aromatic carbocycles. The lowest BCUT2D eigenvalue weighted by Crippen LogP contribution is -2.51. The third-order valence-electron chi connectivity index (χ3n) is 7.85. The van der Waals surface area contributed by atoms with Crippen LogP contribution in [0.1, 0.15) is 34.6 Å². The number of carbonyl (C=O) groups excluding carboxylic acids is 1. The quantitative estimate of drug-likeness (QED) is 0.232. The lowest BCUT2D eigenvalue weighted by atomic mass is 9.86. The van der Waals surface area contributed by atoms with Crippen molar-refractivity contribution in [1.29, 1.82) is 0 Å². The normalized spacial score (nSPS) is 17.4. The smallest absolute Gasteiger partial charge is 0.137 e.